The van der Waals surface area contributed by atoms with Gasteiger partial charge in [0, 0.05) is 13.1 Å². The van der Waals surface area contributed by atoms with E-state index in [-0.39, 0.29) is 29.4 Å². The summed E-state index contributed by atoms with van der Waals surface area (Å²) >= 11 is 0. The number of phenols is 1. The lowest BCUT2D eigenvalue weighted by Crippen LogP contribution is -2.31. The highest BCUT2D eigenvalue weighted by atomic mass is 16.5. The minimum absolute atomic E-state index is 0.166. The van der Waals surface area contributed by atoms with Gasteiger partial charge in [-0.25, -0.2) is 0 Å². The maximum Gasteiger partial charge on any atom is 0.257 e. The first-order chi connectivity index (χ1) is 8.65. The maximum atomic E-state index is 12.2. The number of ether oxygens (including phenoxy) is 1. The van der Waals surface area contributed by atoms with Crippen molar-refractivity contribution < 1.29 is 14.6 Å². The van der Waals surface area contributed by atoms with Crippen LogP contribution in [0.5, 0.6) is 11.5 Å². The Hall–Kier alpha value is -2.22. The largest absolute Gasteiger partial charge is 0.504 e. The molecule has 0 bridgehead atoms. The molecule has 1 aromatic carbocycles. The van der Waals surface area contributed by atoms with Crippen LogP contribution in [0.1, 0.15) is 23.7 Å². The summed E-state index contributed by atoms with van der Waals surface area (Å²) in [4.78, 5) is 13.7. The number of carbonyl (C=O) groups excluding carboxylic acids is 1. The molecule has 1 aromatic rings. The van der Waals surface area contributed by atoms with Gasteiger partial charge in [-0.2, -0.15) is 5.26 Å². The molecule has 5 heteroatoms. The average molecular weight is 248 g/mol. The molecular weight excluding hydrogens is 232 g/mol. The van der Waals surface area contributed by atoms with Crippen molar-refractivity contribution in [1.29, 1.82) is 5.26 Å². The first-order valence-electron chi connectivity index (χ1n) is 5.67. The van der Waals surface area contributed by atoms with Gasteiger partial charge in [0.05, 0.1) is 25.2 Å². The summed E-state index contributed by atoms with van der Waals surface area (Å²) in [7, 11) is 1.43. The van der Waals surface area contributed by atoms with Crippen LogP contribution in [0.4, 0.5) is 0 Å². The molecule has 0 unspecified atom stereocenters. The van der Waals surface area contributed by atoms with Crippen LogP contribution in [0, 0.1) is 11.3 Å². The standard InChI is InChI=1S/C13H16N2O3/c1-3-15(9-5-8-14)13(17)10-6-4-7-11(18-2)12(10)16/h4,6-7,16H,3,5,9H2,1-2H3. The lowest BCUT2D eigenvalue weighted by Gasteiger charge is -2.20. The highest BCUT2D eigenvalue weighted by Crippen LogP contribution is 2.30. The van der Waals surface area contributed by atoms with E-state index in [0.29, 0.717) is 13.1 Å². The van der Waals surface area contributed by atoms with Gasteiger partial charge in [-0.3, -0.25) is 4.79 Å². The molecule has 0 saturated carbocycles. The number of nitriles is 1. The third kappa shape index (κ3) is 2.92. The monoisotopic (exact) mass is 248 g/mol. The molecule has 5 nitrogen and oxygen atoms in total. The number of hydrogen-bond acceptors (Lipinski definition) is 4. The molecular formula is C13H16N2O3. The Morgan fingerprint density at radius 3 is 2.83 bits per heavy atom. The zero-order chi connectivity index (χ0) is 13.5. The highest BCUT2D eigenvalue weighted by molar-refractivity contribution is 5.97. The molecule has 0 fully saturated rings. The van der Waals surface area contributed by atoms with Crippen LogP contribution in [-0.4, -0.2) is 36.1 Å². The molecule has 1 amide bonds. The molecule has 1 rings (SSSR count). The van der Waals surface area contributed by atoms with Gasteiger partial charge in [-0.1, -0.05) is 6.07 Å². The molecule has 0 aliphatic carbocycles. The molecule has 0 spiro atoms. The van der Waals surface area contributed by atoms with Gasteiger partial charge in [0.1, 0.15) is 0 Å². The van der Waals surface area contributed by atoms with E-state index in [4.69, 9.17) is 10.00 Å². The predicted octanol–water partition coefficient (Wildman–Crippen LogP) is 1.78. The number of benzene rings is 1. The van der Waals surface area contributed by atoms with E-state index in [1.165, 1.54) is 18.1 Å². The highest BCUT2D eigenvalue weighted by Gasteiger charge is 2.19. The van der Waals surface area contributed by atoms with Crippen LogP contribution in [0.2, 0.25) is 0 Å². The van der Waals surface area contributed by atoms with Crippen molar-refractivity contribution in [3.8, 4) is 17.6 Å². The van der Waals surface area contributed by atoms with Gasteiger partial charge in [0.2, 0.25) is 0 Å². The van der Waals surface area contributed by atoms with E-state index in [1.54, 1.807) is 12.1 Å². The number of hydrogen-bond donors (Lipinski definition) is 1. The number of aromatic hydroxyl groups is 1. The van der Waals surface area contributed by atoms with Crippen molar-refractivity contribution in [2.24, 2.45) is 0 Å². The zero-order valence-electron chi connectivity index (χ0n) is 10.5. The molecule has 0 aliphatic rings. The molecule has 0 aliphatic heterocycles. The minimum Gasteiger partial charge on any atom is -0.504 e. The van der Waals surface area contributed by atoms with E-state index in [2.05, 4.69) is 0 Å². The first-order valence-corrected chi connectivity index (χ1v) is 5.67. The van der Waals surface area contributed by atoms with E-state index in [9.17, 15) is 9.90 Å². The Kier molecular flexibility index (Phi) is 5.00. The van der Waals surface area contributed by atoms with Gasteiger partial charge in [-0.15, -0.1) is 0 Å². The van der Waals surface area contributed by atoms with Crippen molar-refractivity contribution in [3.05, 3.63) is 23.8 Å². The SMILES string of the molecule is CCN(CCC#N)C(=O)c1cccc(OC)c1O. The Labute approximate surface area is 106 Å². The lowest BCUT2D eigenvalue weighted by molar-refractivity contribution is 0.0764. The van der Waals surface area contributed by atoms with Crippen molar-refractivity contribution in [2.75, 3.05) is 20.2 Å². The molecule has 0 heterocycles. The summed E-state index contributed by atoms with van der Waals surface area (Å²) in [5.74, 6) is -0.207. The molecule has 1 N–H and O–H groups in total. The van der Waals surface area contributed by atoms with E-state index >= 15 is 0 Å². The Bertz CT molecular complexity index is 466. The Morgan fingerprint density at radius 2 is 2.28 bits per heavy atom. The van der Waals surface area contributed by atoms with Crippen LogP contribution >= 0.6 is 0 Å². The van der Waals surface area contributed by atoms with Crippen molar-refractivity contribution in [1.82, 2.24) is 4.90 Å². The van der Waals surface area contributed by atoms with Crippen LogP contribution in [0.25, 0.3) is 0 Å². The summed E-state index contributed by atoms with van der Waals surface area (Å²) in [5.41, 5.74) is 0.189. The third-order valence-electron chi connectivity index (χ3n) is 2.61. The fourth-order valence-electron chi connectivity index (χ4n) is 1.62. The van der Waals surface area contributed by atoms with Crippen LogP contribution in [0.15, 0.2) is 18.2 Å². The second-order valence-corrected chi connectivity index (χ2v) is 3.65. The minimum atomic E-state index is -0.302. The summed E-state index contributed by atoms with van der Waals surface area (Å²) in [5, 5.41) is 18.4. The molecule has 0 saturated heterocycles. The number of para-hydroxylation sites is 1. The third-order valence-corrected chi connectivity index (χ3v) is 2.61. The van der Waals surface area contributed by atoms with Crippen LogP contribution < -0.4 is 4.74 Å². The molecule has 0 atom stereocenters. The van der Waals surface area contributed by atoms with Gasteiger partial charge >= 0.3 is 0 Å². The predicted molar refractivity (Wildman–Crippen MR) is 66.5 cm³/mol. The first kappa shape index (κ1) is 13.8. The van der Waals surface area contributed by atoms with Gasteiger partial charge in [0.15, 0.2) is 11.5 Å². The van der Waals surface area contributed by atoms with Gasteiger partial charge in [0.25, 0.3) is 5.91 Å². The summed E-state index contributed by atoms with van der Waals surface area (Å²) in [6.07, 6.45) is 0.268. The quantitative estimate of drug-likeness (QED) is 0.861. The van der Waals surface area contributed by atoms with Crippen LogP contribution in [-0.2, 0) is 0 Å². The van der Waals surface area contributed by atoms with Gasteiger partial charge < -0.3 is 14.7 Å². The van der Waals surface area contributed by atoms with Crippen molar-refractivity contribution >= 4 is 5.91 Å². The number of amides is 1. The Balaban J connectivity index is 2.99. The second kappa shape index (κ2) is 6.50. The number of methoxy groups -OCH3 is 1. The molecule has 0 aromatic heterocycles. The molecule has 0 radical (unpaired) electrons. The molecule has 18 heavy (non-hydrogen) atoms. The fourth-order valence-corrected chi connectivity index (χ4v) is 1.62. The number of carbonyl (C=O) groups is 1. The number of rotatable bonds is 5. The number of phenolic OH excluding ortho intramolecular Hbond substituents is 1. The summed E-state index contributed by atoms with van der Waals surface area (Å²) in [6.45, 7) is 2.66. The van der Waals surface area contributed by atoms with E-state index in [1.807, 2.05) is 13.0 Å². The topological polar surface area (TPSA) is 73.6 Å². The summed E-state index contributed by atoms with van der Waals surface area (Å²) in [6, 6.07) is 6.76. The second-order valence-electron chi connectivity index (χ2n) is 3.65. The number of nitrogens with zero attached hydrogens (tertiary/aromatic N) is 2. The van der Waals surface area contributed by atoms with Crippen molar-refractivity contribution in [2.45, 2.75) is 13.3 Å². The van der Waals surface area contributed by atoms with Crippen LogP contribution in [0.3, 0.4) is 0 Å². The summed E-state index contributed by atoms with van der Waals surface area (Å²) < 4.78 is 4.96. The Morgan fingerprint density at radius 1 is 1.56 bits per heavy atom. The van der Waals surface area contributed by atoms with Crippen molar-refractivity contribution in [3.63, 3.8) is 0 Å². The normalized spacial score (nSPS) is 9.61. The average Bonchev–Trinajstić information content (AvgIpc) is 2.39. The smallest absolute Gasteiger partial charge is 0.257 e. The molecule has 96 valence electrons. The van der Waals surface area contributed by atoms with Gasteiger partial charge in [-0.05, 0) is 19.1 Å². The maximum absolute atomic E-state index is 12.2. The zero-order valence-corrected chi connectivity index (χ0v) is 10.5. The fraction of sp³-hybridized carbons (Fsp3) is 0.385. The van der Waals surface area contributed by atoms with E-state index in [0.717, 1.165) is 0 Å². The lowest BCUT2D eigenvalue weighted by atomic mass is 10.1. The van der Waals surface area contributed by atoms with E-state index < -0.39 is 0 Å².